The van der Waals surface area contributed by atoms with Gasteiger partial charge in [-0.3, -0.25) is 0 Å². The summed E-state index contributed by atoms with van der Waals surface area (Å²) in [6.07, 6.45) is 1.33. The van der Waals surface area contributed by atoms with E-state index in [0.717, 1.165) is 29.6 Å². The molecule has 3 nitrogen and oxygen atoms in total. The van der Waals surface area contributed by atoms with Crippen LogP contribution in [0.4, 0.5) is 5.69 Å². The van der Waals surface area contributed by atoms with Gasteiger partial charge in [0.25, 0.3) is 0 Å². The highest BCUT2D eigenvalue weighted by Crippen LogP contribution is 2.31. The van der Waals surface area contributed by atoms with Crippen molar-refractivity contribution in [2.24, 2.45) is 5.92 Å². The average molecular weight is 267 g/mol. The summed E-state index contributed by atoms with van der Waals surface area (Å²) in [5.74, 6) is 4.98. The lowest BCUT2D eigenvalue weighted by atomic mass is 10.1. The number of hydrogen-bond acceptors (Lipinski definition) is 4. The summed E-state index contributed by atoms with van der Waals surface area (Å²) in [4.78, 5) is 0. The Morgan fingerprint density at radius 3 is 2.94 bits per heavy atom. The fourth-order valence-electron chi connectivity index (χ4n) is 2.06. The first-order chi connectivity index (χ1) is 8.83. The third kappa shape index (κ3) is 3.48. The molecule has 0 spiro atoms. The van der Waals surface area contributed by atoms with E-state index in [9.17, 15) is 0 Å². The van der Waals surface area contributed by atoms with E-state index in [4.69, 9.17) is 9.47 Å². The van der Waals surface area contributed by atoms with Crippen molar-refractivity contribution < 1.29 is 9.47 Å². The van der Waals surface area contributed by atoms with Gasteiger partial charge in [-0.2, -0.15) is 11.8 Å². The molecule has 1 saturated heterocycles. The smallest absolute Gasteiger partial charge is 0.162 e. The Balaban J connectivity index is 1.95. The van der Waals surface area contributed by atoms with Crippen LogP contribution in [0.5, 0.6) is 11.5 Å². The van der Waals surface area contributed by atoms with E-state index in [1.807, 2.05) is 30.8 Å². The van der Waals surface area contributed by atoms with Gasteiger partial charge in [-0.15, -0.1) is 0 Å². The number of rotatable bonds is 6. The third-order valence-electron chi connectivity index (χ3n) is 3.08. The number of ether oxygens (including phenoxy) is 2. The lowest BCUT2D eigenvalue weighted by Gasteiger charge is -2.14. The molecule has 1 heterocycles. The number of thioether (sulfide) groups is 1. The predicted molar refractivity (Wildman–Crippen MR) is 78.1 cm³/mol. The van der Waals surface area contributed by atoms with Crippen LogP contribution in [-0.2, 0) is 0 Å². The van der Waals surface area contributed by atoms with Crippen LogP contribution in [0, 0.1) is 5.92 Å². The predicted octanol–water partition coefficient (Wildman–Crippen LogP) is 3.26. The maximum Gasteiger partial charge on any atom is 0.162 e. The molecule has 0 aromatic heterocycles. The maximum absolute atomic E-state index is 5.50. The molecule has 1 aliphatic rings. The van der Waals surface area contributed by atoms with Crippen molar-refractivity contribution in [1.82, 2.24) is 0 Å². The van der Waals surface area contributed by atoms with Crippen LogP contribution in [0.2, 0.25) is 0 Å². The quantitative estimate of drug-likeness (QED) is 0.857. The molecule has 1 N–H and O–H groups in total. The van der Waals surface area contributed by atoms with Crippen molar-refractivity contribution in [2.45, 2.75) is 13.3 Å². The number of nitrogens with one attached hydrogen (secondary N) is 1. The van der Waals surface area contributed by atoms with Gasteiger partial charge in [-0.1, -0.05) is 0 Å². The van der Waals surface area contributed by atoms with Crippen molar-refractivity contribution in [3.05, 3.63) is 18.2 Å². The zero-order chi connectivity index (χ0) is 12.8. The summed E-state index contributed by atoms with van der Waals surface area (Å²) < 4.78 is 10.8. The highest BCUT2D eigenvalue weighted by atomic mass is 32.2. The van der Waals surface area contributed by atoms with Crippen molar-refractivity contribution in [2.75, 3.05) is 37.1 Å². The number of methoxy groups -OCH3 is 1. The number of benzene rings is 1. The summed E-state index contributed by atoms with van der Waals surface area (Å²) in [7, 11) is 1.68. The van der Waals surface area contributed by atoms with Crippen LogP contribution in [-0.4, -0.2) is 31.8 Å². The summed E-state index contributed by atoms with van der Waals surface area (Å²) in [5, 5.41) is 3.48. The third-order valence-corrected chi connectivity index (χ3v) is 4.31. The molecule has 0 saturated carbocycles. The second-order valence-electron chi connectivity index (χ2n) is 4.41. The van der Waals surface area contributed by atoms with Crippen LogP contribution in [0.3, 0.4) is 0 Å². The lowest BCUT2D eigenvalue weighted by molar-refractivity contribution is 0.311. The molecule has 0 radical (unpaired) electrons. The Morgan fingerprint density at radius 2 is 2.28 bits per heavy atom. The minimum Gasteiger partial charge on any atom is -0.493 e. The lowest BCUT2D eigenvalue weighted by Crippen LogP contribution is -2.13. The summed E-state index contributed by atoms with van der Waals surface area (Å²) in [5.41, 5.74) is 1.10. The van der Waals surface area contributed by atoms with E-state index < -0.39 is 0 Å². The molecule has 4 heteroatoms. The fourth-order valence-corrected chi connectivity index (χ4v) is 3.34. The zero-order valence-electron chi connectivity index (χ0n) is 11.1. The molecule has 1 fully saturated rings. The van der Waals surface area contributed by atoms with E-state index in [1.54, 1.807) is 7.11 Å². The summed E-state index contributed by atoms with van der Waals surface area (Å²) in [6.45, 7) is 3.68. The number of anilines is 1. The Labute approximate surface area is 113 Å². The molecule has 1 atom stereocenters. The van der Waals surface area contributed by atoms with Crippen molar-refractivity contribution in [3.8, 4) is 11.5 Å². The van der Waals surface area contributed by atoms with Crippen LogP contribution in [0.1, 0.15) is 13.3 Å². The first-order valence-corrected chi connectivity index (χ1v) is 7.61. The SMILES string of the molecule is CCOc1ccc(NCC2CCSC2)cc1OC. The van der Waals surface area contributed by atoms with Gasteiger partial charge in [0, 0.05) is 18.3 Å². The Kier molecular flexibility index (Phi) is 5.05. The molecule has 1 unspecified atom stereocenters. The van der Waals surface area contributed by atoms with Gasteiger partial charge < -0.3 is 14.8 Å². The topological polar surface area (TPSA) is 30.5 Å². The van der Waals surface area contributed by atoms with Crippen molar-refractivity contribution in [3.63, 3.8) is 0 Å². The van der Waals surface area contributed by atoms with E-state index in [-0.39, 0.29) is 0 Å². The van der Waals surface area contributed by atoms with E-state index in [1.165, 1.54) is 17.9 Å². The molecular weight excluding hydrogens is 246 g/mol. The monoisotopic (exact) mass is 267 g/mol. The average Bonchev–Trinajstić information content (AvgIpc) is 2.91. The standard InChI is InChI=1S/C14H21NO2S/c1-3-17-13-5-4-12(8-14(13)16-2)15-9-11-6-7-18-10-11/h4-5,8,11,15H,3,6-7,9-10H2,1-2H3. The number of hydrogen-bond donors (Lipinski definition) is 1. The molecule has 1 aromatic carbocycles. The van der Waals surface area contributed by atoms with Gasteiger partial charge in [-0.25, -0.2) is 0 Å². The second-order valence-corrected chi connectivity index (χ2v) is 5.56. The van der Waals surface area contributed by atoms with E-state index in [0.29, 0.717) is 6.61 Å². The van der Waals surface area contributed by atoms with Crippen molar-refractivity contribution >= 4 is 17.4 Å². The molecule has 18 heavy (non-hydrogen) atoms. The fraction of sp³-hybridized carbons (Fsp3) is 0.571. The zero-order valence-corrected chi connectivity index (χ0v) is 11.9. The first kappa shape index (κ1) is 13.4. The Bertz CT molecular complexity index is 378. The Morgan fingerprint density at radius 1 is 1.39 bits per heavy atom. The summed E-state index contributed by atoms with van der Waals surface area (Å²) in [6, 6.07) is 6.02. The molecular formula is C14H21NO2S. The molecule has 2 rings (SSSR count). The minimum absolute atomic E-state index is 0.655. The molecule has 0 amide bonds. The van der Waals surface area contributed by atoms with Crippen LogP contribution in [0.25, 0.3) is 0 Å². The Hall–Kier alpha value is -1.03. The molecule has 100 valence electrons. The van der Waals surface area contributed by atoms with Crippen LogP contribution >= 0.6 is 11.8 Å². The first-order valence-electron chi connectivity index (χ1n) is 6.46. The molecule has 0 aliphatic carbocycles. The minimum atomic E-state index is 0.655. The highest BCUT2D eigenvalue weighted by molar-refractivity contribution is 7.99. The van der Waals surface area contributed by atoms with Crippen molar-refractivity contribution in [1.29, 1.82) is 0 Å². The largest absolute Gasteiger partial charge is 0.493 e. The maximum atomic E-state index is 5.50. The molecule has 1 aromatic rings. The van der Waals surface area contributed by atoms with Crippen LogP contribution < -0.4 is 14.8 Å². The second kappa shape index (κ2) is 6.78. The van der Waals surface area contributed by atoms with Gasteiger partial charge in [0.05, 0.1) is 13.7 Å². The molecule has 0 bridgehead atoms. The highest BCUT2D eigenvalue weighted by Gasteiger charge is 2.15. The van der Waals surface area contributed by atoms with Gasteiger partial charge in [0.15, 0.2) is 11.5 Å². The van der Waals surface area contributed by atoms with E-state index in [2.05, 4.69) is 11.4 Å². The van der Waals surface area contributed by atoms with Crippen LogP contribution in [0.15, 0.2) is 18.2 Å². The van der Waals surface area contributed by atoms with Gasteiger partial charge in [0.2, 0.25) is 0 Å². The molecule has 1 aliphatic heterocycles. The van der Waals surface area contributed by atoms with Gasteiger partial charge in [-0.05, 0) is 42.9 Å². The van der Waals surface area contributed by atoms with Gasteiger partial charge in [0.1, 0.15) is 0 Å². The van der Waals surface area contributed by atoms with E-state index >= 15 is 0 Å². The van der Waals surface area contributed by atoms with Gasteiger partial charge >= 0.3 is 0 Å². The summed E-state index contributed by atoms with van der Waals surface area (Å²) >= 11 is 2.05. The normalized spacial score (nSPS) is 18.7.